The fourth-order valence-corrected chi connectivity index (χ4v) is 3.21. The maximum Gasteiger partial charge on any atom is 0.0199 e. The molecule has 0 saturated heterocycles. The molecular formula is C20H35N. The van der Waals surface area contributed by atoms with Gasteiger partial charge in [-0.2, -0.15) is 0 Å². The molecule has 0 spiro atoms. The van der Waals surface area contributed by atoms with Crippen molar-refractivity contribution in [3.8, 4) is 0 Å². The van der Waals surface area contributed by atoms with Crippen LogP contribution in [0, 0.1) is 5.92 Å². The molecule has 1 nitrogen and oxygen atoms in total. The van der Waals surface area contributed by atoms with Crippen molar-refractivity contribution in [1.29, 1.82) is 0 Å². The highest BCUT2D eigenvalue weighted by Gasteiger charge is 2.13. The first-order valence-corrected chi connectivity index (χ1v) is 8.79. The summed E-state index contributed by atoms with van der Waals surface area (Å²) >= 11 is 0. The van der Waals surface area contributed by atoms with E-state index in [0.29, 0.717) is 0 Å². The highest BCUT2D eigenvalue weighted by Crippen LogP contribution is 2.29. The first-order chi connectivity index (χ1) is 10.2. The van der Waals surface area contributed by atoms with E-state index in [0.717, 1.165) is 25.3 Å². The summed E-state index contributed by atoms with van der Waals surface area (Å²) in [7, 11) is 2.00. The van der Waals surface area contributed by atoms with E-state index in [1.807, 2.05) is 7.05 Å². The summed E-state index contributed by atoms with van der Waals surface area (Å²) in [6, 6.07) is 0. The molecule has 1 heteroatoms. The zero-order chi connectivity index (χ0) is 15.5. The quantitative estimate of drug-likeness (QED) is 0.418. The van der Waals surface area contributed by atoms with Crippen molar-refractivity contribution in [2.45, 2.75) is 71.6 Å². The van der Waals surface area contributed by atoms with Crippen LogP contribution in [0.4, 0.5) is 0 Å². The van der Waals surface area contributed by atoms with Crippen molar-refractivity contribution < 1.29 is 0 Å². The van der Waals surface area contributed by atoms with Gasteiger partial charge in [-0.1, -0.05) is 62.0 Å². The molecule has 0 aromatic carbocycles. The molecule has 1 aliphatic rings. The average molecular weight is 290 g/mol. The summed E-state index contributed by atoms with van der Waals surface area (Å²) < 4.78 is 0. The second kappa shape index (κ2) is 10.8. The van der Waals surface area contributed by atoms with Crippen molar-refractivity contribution in [3.63, 3.8) is 0 Å². The Balaban J connectivity index is 2.23. The van der Waals surface area contributed by atoms with Gasteiger partial charge in [0.1, 0.15) is 0 Å². The van der Waals surface area contributed by atoms with Gasteiger partial charge in [-0.05, 0) is 58.1 Å². The Morgan fingerprint density at radius 2 is 1.86 bits per heavy atom. The minimum Gasteiger partial charge on any atom is -0.316 e. The zero-order valence-corrected chi connectivity index (χ0v) is 14.5. The third-order valence-electron chi connectivity index (χ3n) is 4.69. The van der Waals surface area contributed by atoms with Crippen LogP contribution in [-0.2, 0) is 0 Å². The van der Waals surface area contributed by atoms with Crippen LogP contribution in [0.3, 0.4) is 0 Å². The molecule has 0 radical (unpaired) electrons. The van der Waals surface area contributed by atoms with Gasteiger partial charge in [-0.3, -0.25) is 0 Å². The molecule has 0 atom stereocenters. The van der Waals surface area contributed by atoms with E-state index >= 15 is 0 Å². The summed E-state index contributed by atoms with van der Waals surface area (Å²) in [6.45, 7) is 9.60. The van der Waals surface area contributed by atoms with Gasteiger partial charge in [0.15, 0.2) is 0 Å². The molecule has 0 unspecified atom stereocenters. The SMILES string of the molecule is C=C(CC/C(C)=C\C(=C/C)CNC)CCC1CCCCC1. The summed E-state index contributed by atoms with van der Waals surface area (Å²) in [4.78, 5) is 0. The Morgan fingerprint density at radius 3 is 2.48 bits per heavy atom. The second-order valence-corrected chi connectivity index (χ2v) is 6.68. The lowest BCUT2D eigenvalue weighted by atomic mass is 9.85. The van der Waals surface area contributed by atoms with Crippen LogP contribution in [0.5, 0.6) is 0 Å². The normalized spacial score (nSPS) is 18.0. The van der Waals surface area contributed by atoms with Gasteiger partial charge in [0.2, 0.25) is 0 Å². The van der Waals surface area contributed by atoms with Crippen LogP contribution in [0.15, 0.2) is 35.5 Å². The first-order valence-electron chi connectivity index (χ1n) is 8.79. The molecule has 1 N–H and O–H groups in total. The third-order valence-corrected chi connectivity index (χ3v) is 4.69. The average Bonchev–Trinajstić information content (AvgIpc) is 2.51. The van der Waals surface area contributed by atoms with Gasteiger partial charge in [-0.25, -0.2) is 0 Å². The molecule has 1 rings (SSSR count). The molecule has 0 aliphatic heterocycles. The summed E-state index contributed by atoms with van der Waals surface area (Å²) in [6.07, 6.45) is 16.7. The molecular weight excluding hydrogens is 254 g/mol. The second-order valence-electron chi connectivity index (χ2n) is 6.68. The Kier molecular flexibility index (Phi) is 9.41. The summed E-state index contributed by atoms with van der Waals surface area (Å²) in [5, 5.41) is 3.22. The van der Waals surface area contributed by atoms with E-state index in [9.17, 15) is 0 Å². The predicted octanol–water partition coefficient (Wildman–Crippen LogP) is 5.80. The molecule has 1 saturated carbocycles. The Morgan fingerprint density at radius 1 is 1.14 bits per heavy atom. The van der Waals surface area contributed by atoms with Gasteiger partial charge >= 0.3 is 0 Å². The molecule has 0 aromatic rings. The molecule has 1 fully saturated rings. The highest BCUT2D eigenvalue weighted by atomic mass is 14.8. The molecule has 0 aromatic heterocycles. The lowest BCUT2D eigenvalue weighted by molar-refractivity contribution is 0.338. The van der Waals surface area contributed by atoms with Crippen molar-refractivity contribution in [2.24, 2.45) is 5.92 Å². The van der Waals surface area contributed by atoms with Gasteiger partial charge in [0, 0.05) is 6.54 Å². The lowest BCUT2D eigenvalue weighted by Gasteiger charge is -2.21. The monoisotopic (exact) mass is 289 g/mol. The first kappa shape index (κ1) is 18.2. The van der Waals surface area contributed by atoms with Crippen LogP contribution < -0.4 is 5.32 Å². The molecule has 0 bridgehead atoms. The van der Waals surface area contributed by atoms with Gasteiger partial charge in [0.25, 0.3) is 0 Å². The molecule has 120 valence electrons. The predicted molar refractivity (Wildman–Crippen MR) is 95.6 cm³/mol. The molecule has 0 heterocycles. The Bertz CT molecular complexity index is 356. The zero-order valence-electron chi connectivity index (χ0n) is 14.5. The van der Waals surface area contributed by atoms with Crippen LogP contribution in [-0.4, -0.2) is 13.6 Å². The Labute approximate surface area is 132 Å². The van der Waals surface area contributed by atoms with Crippen LogP contribution >= 0.6 is 0 Å². The van der Waals surface area contributed by atoms with E-state index in [1.54, 1.807) is 0 Å². The maximum atomic E-state index is 4.29. The highest BCUT2D eigenvalue weighted by molar-refractivity contribution is 5.24. The standard InChI is InChI=1S/C20H35N/c1-5-19(16-21-4)15-18(3)12-11-17(2)13-14-20-9-7-6-8-10-20/h5,15,20-21H,2,6-14,16H2,1,3-4H3/b18-15-,19-5+. The van der Waals surface area contributed by atoms with Gasteiger partial charge in [-0.15, -0.1) is 0 Å². The number of nitrogens with one attached hydrogen (secondary N) is 1. The Hall–Kier alpha value is -0.820. The van der Waals surface area contributed by atoms with Gasteiger partial charge < -0.3 is 5.32 Å². The summed E-state index contributed by atoms with van der Waals surface area (Å²) in [5.74, 6) is 0.984. The topological polar surface area (TPSA) is 12.0 Å². The van der Waals surface area contributed by atoms with E-state index in [1.165, 1.54) is 61.7 Å². The van der Waals surface area contributed by atoms with Crippen LogP contribution in [0.25, 0.3) is 0 Å². The van der Waals surface area contributed by atoms with E-state index in [4.69, 9.17) is 0 Å². The van der Waals surface area contributed by atoms with E-state index in [-0.39, 0.29) is 0 Å². The number of rotatable bonds is 9. The van der Waals surface area contributed by atoms with E-state index in [2.05, 4.69) is 37.9 Å². The van der Waals surface area contributed by atoms with E-state index < -0.39 is 0 Å². The fraction of sp³-hybridized carbons (Fsp3) is 0.700. The minimum absolute atomic E-state index is 0.955. The lowest BCUT2D eigenvalue weighted by Crippen LogP contribution is -2.09. The van der Waals surface area contributed by atoms with Crippen molar-refractivity contribution >= 4 is 0 Å². The van der Waals surface area contributed by atoms with Crippen LogP contribution in [0.1, 0.15) is 71.6 Å². The van der Waals surface area contributed by atoms with Crippen molar-refractivity contribution in [3.05, 3.63) is 35.5 Å². The number of hydrogen-bond donors (Lipinski definition) is 1. The third kappa shape index (κ3) is 8.26. The smallest absolute Gasteiger partial charge is 0.0199 e. The van der Waals surface area contributed by atoms with Crippen LogP contribution in [0.2, 0.25) is 0 Å². The minimum atomic E-state index is 0.955. The number of likely N-dealkylation sites (N-methyl/N-ethyl adjacent to an activating group) is 1. The fourth-order valence-electron chi connectivity index (χ4n) is 3.21. The van der Waals surface area contributed by atoms with Gasteiger partial charge in [0.05, 0.1) is 0 Å². The molecule has 0 amide bonds. The number of hydrogen-bond acceptors (Lipinski definition) is 1. The summed E-state index contributed by atoms with van der Waals surface area (Å²) in [5.41, 5.74) is 4.30. The largest absolute Gasteiger partial charge is 0.316 e. The van der Waals surface area contributed by atoms with Crippen molar-refractivity contribution in [1.82, 2.24) is 5.32 Å². The maximum absolute atomic E-state index is 4.29. The molecule has 1 aliphatic carbocycles. The number of allylic oxidation sites excluding steroid dienone is 3. The molecule has 21 heavy (non-hydrogen) atoms. The van der Waals surface area contributed by atoms with Crippen molar-refractivity contribution in [2.75, 3.05) is 13.6 Å².